The summed E-state index contributed by atoms with van der Waals surface area (Å²) in [7, 11) is 0. The van der Waals surface area contributed by atoms with E-state index in [0.717, 1.165) is 0 Å². The van der Waals surface area contributed by atoms with Gasteiger partial charge in [-0.2, -0.15) is 0 Å². The fraction of sp³-hybridized carbons (Fsp3) is 0.600. The summed E-state index contributed by atoms with van der Waals surface area (Å²) >= 11 is 0. The SMILES string of the molecule is O=C1C[C@H]2NC(=O)[C@H]12. The van der Waals surface area contributed by atoms with E-state index in [2.05, 4.69) is 5.32 Å². The second-order valence-electron chi connectivity index (χ2n) is 2.26. The van der Waals surface area contributed by atoms with Gasteiger partial charge in [-0.25, -0.2) is 0 Å². The van der Waals surface area contributed by atoms with Crippen LogP contribution in [0.5, 0.6) is 0 Å². The van der Waals surface area contributed by atoms with Crippen molar-refractivity contribution in [2.24, 2.45) is 5.92 Å². The van der Waals surface area contributed by atoms with Crippen molar-refractivity contribution in [2.45, 2.75) is 12.5 Å². The minimum atomic E-state index is -0.241. The summed E-state index contributed by atoms with van der Waals surface area (Å²) in [5.41, 5.74) is 0. The van der Waals surface area contributed by atoms with Crippen molar-refractivity contribution in [1.29, 1.82) is 0 Å². The van der Waals surface area contributed by atoms with Gasteiger partial charge in [-0.3, -0.25) is 9.59 Å². The predicted molar refractivity (Wildman–Crippen MR) is 25.0 cm³/mol. The monoisotopic (exact) mass is 111 g/mol. The molecule has 0 aromatic heterocycles. The normalized spacial score (nSPS) is 41.5. The lowest BCUT2D eigenvalue weighted by Crippen LogP contribution is -2.69. The molecule has 3 heteroatoms. The third-order valence-electron chi connectivity index (χ3n) is 1.78. The van der Waals surface area contributed by atoms with Crippen LogP contribution in [0.25, 0.3) is 0 Å². The Balaban J connectivity index is 2.19. The molecule has 1 heterocycles. The van der Waals surface area contributed by atoms with E-state index in [-0.39, 0.29) is 23.7 Å². The molecule has 1 N–H and O–H groups in total. The summed E-state index contributed by atoms with van der Waals surface area (Å²) in [6, 6.07) is 0.218. The zero-order valence-corrected chi connectivity index (χ0v) is 4.18. The highest BCUT2D eigenvalue weighted by Crippen LogP contribution is 2.30. The first kappa shape index (κ1) is 4.06. The van der Waals surface area contributed by atoms with E-state index in [1.807, 2.05) is 0 Å². The summed E-state index contributed by atoms with van der Waals surface area (Å²) in [6.45, 7) is 0. The van der Waals surface area contributed by atoms with Crippen molar-refractivity contribution in [1.82, 2.24) is 5.32 Å². The zero-order chi connectivity index (χ0) is 5.72. The Kier molecular flexibility index (Phi) is 0.477. The lowest BCUT2D eigenvalue weighted by molar-refractivity contribution is -0.153. The Hall–Kier alpha value is -0.860. The number of hydrogen-bond donors (Lipinski definition) is 1. The predicted octanol–water partition coefficient (Wildman–Crippen LogP) is -0.926. The van der Waals surface area contributed by atoms with Gasteiger partial charge < -0.3 is 5.32 Å². The van der Waals surface area contributed by atoms with E-state index in [4.69, 9.17) is 0 Å². The molecular weight excluding hydrogens is 106 g/mol. The molecule has 2 rings (SSSR count). The van der Waals surface area contributed by atoms with Crippen molar-refractivity contribution in [3.05, 3.63) is 0 Å². The van der Waals surface area contributed by atoms with Crippen molar-refractivity contribution < 1.29 is 9.59 Å². The van der Waals surface area contributed by atoms with Crippen LogP contribution in [0.3, 0.4) is 0 Å². The number of rotatable bonds is 0. The van der Waals surface area contributed by atoms with Crippen molar-refractivity contribution in [3.63, 3.8) is 0 Å². The maximum atomic E-state index is 10.4. The number of ketones is 1. The summed E-state index contributed by atoms with van der Waals surface area (Å²) < 4.78 is 0. The van der Waals surface area contributed by atoms with Gasteiger partial charge in [-0.15, -0.1) is 0 Å². The Bertz CT molecular complexity index is 157. The Labute approximate surface area is 46.1 Å². The molecule has 1 saturated carbocycles. The van der Waals surface area contributed by atoms with Crippen LogP contribution in [-0.4, -0.2) is 17.7 Å². The van der Waals surface area contributed by atoms with Gasteiger partial charge in [0.25, 0.3) is 0 Å². The van der Waals surface area contributed by atoms with E-state index in [1.54, 1.807) is 0 Å². The molecule has 0 unspecified atom stereocenters. The molecule has 2 fully saturated rings. The standard InChI is InChI=1S/C5H5NO2/c7-3-1-2-4(3)5(8)6-2/h2,4H,1H2,(H,6,8)/t2-,4+/m1/s1. The lowest BCUT2D eigenvalue weighted by atomic mass is 9.71. The molecular formula is C5H5NO2. The highest BCUT2D eigenvalue weighted by atomic mass is 16.2. The van der Waals surface area contributed by atoms with E-state index in [9.17, 15) is 9.59 Å². The van der Waals surface area contributed by atoms with Gasteiger partial charge in [-0.05, 0) is 0 Å². The topological polar surface area (TPSA) is 46.2 Å². The molecule has 3 nitrogen and oxygen atoms in total. The summed E-state index contributed by atoms with van der Waals surface area (Å²) in [5, 5.41) is 2.61. The number of β-lactam (4-membered cyclic amide) rings is 1. The summed E-state index contributed by atoms with van der Waals surface area (Å²) in [5.74, 6) is -0.208. The number of hydrogen-bond acceptors (Lipinski definition) is 2. The molecule has 0 aromatic carbocycles. The zero-order valence-electron chi connectivity index (χ0n) is 4.18. The van der Waals surface area contributed by atoms with Crippen molar-refractivity contribution >= 4 is 11.7 Å². The molecule has 42 valence electrons. The van der Waals surface area contributed by atoms with Crippen LogP contribution < -0.4 is 5.32 Å². The summed E-state index contributed by atoms with van der Waals surface area (Å²) in [4.78, 5) is 20.8. The number of carbonyl (C=O) groups excluding carboxylic acids is 2. The van der Waals surface area contributed by atoms with Gasteiger partial charge in [-0.1, -0.05) is 0 Å². The summed E-state index contributed by atoms with van der Waals surface area (Å²) in [6.07, 6.45) is 0.566. The molecule has 0 radical (unpaired) electrons. The van der Waals surface area contributed by atoms with Crippen LogP contribution >= 0.6 is 0 Å². The highest BCUT2D eigenvalue weighted by molar-refractivity contribution is 6.12. The smallest absolute Gasteiger partial charge is 0.232 e. The van der Waals surface area contributed by atoms with Crippen LogP contribution in [0, 0.1) is 5.92 Å². The molecule has 1 aliphatic carbocycles. The van der Waals surface area contributed by atoms with Crippen molar-refractivity contribution in [3.8, 4) is 0 Å². The first-order valence-electron chi connectivity index (χ1n) is 2.62. The van der Waals surface area contributed by atoms with Crippen LogP contribution in [0.1, 0.15) is 6.42 Å². The molecule has 0 bridgehead atoms. The van der Waals surface area contributed by atoms with E-state index in [1.165, 1.54) is 0 Å². The number of piperidine rings is 1. The third-order valence-corrected chi connectivity index (χ3v) is 1.78. The average Bonchev–Trinajstić information content (AvgIpc) is 1.63. The quantitative estimate of drug-likeness (QED) is 0.324. The molecule has 0 aromatic rings. The lowest BCUT2D eigenvalue weighted by Gasteiger charge is -2.43. The second-order valence-corrected chi connectivity index (χ2v) is 2.26. The van der Waals surface area contributed by atoms with E-state index in [0.29, 0.717) is 6.42 Å². The molecule has 1 saturated heterocycles. The molecule has 1 amide bonds. The van der Waals surface area contributed by atoms with Crippen molar-refractivity contribution in [2.75, 3.05) is 0 Å². The fourth-order valence-electron chi connectivity index (χ4n) is 1.17. The molecule has 0 spiro atoms. The number of fused-ring (bicyclic) bond motifs is 1. The van der Waals surface area contributed by atoms with Gasteiger partial charge in [0.1, 0.15) is 11.7 Å². The largest absolute Gasteiger partial charge is 0.351 e. The van der Waals surface area contributed by atoms with Gasteiger partial charge in [0.05, 0.1) is 6.04 Å². The van der Waals surface area contributed by atoms with Crippen LogP contribution in [-0.2, 0) is 9.59 Å². The minimum absolute atomic E-state index is 0.0775. The van der Waals surface area contributed by atoms with Crippen LogP contribution in [0.2, 0.25) is 0 Å². The van der Waals surface area contributed by atoms with Gasteiger partial charge >= 0.3 is 0 Å². The Morgan fingerprint density at radius 2 is 2.25 bits per heavy atom. The number of carbonyl (C=O) groups is 2. The van der Waals surface area contributed by atoms with E-state index < -0.39 is 0 Å². The maximum absolute atomic E-state index is 10.4. The van der Waals surface area contributed by atoms with Gasteiger partial charge in [0, 0.05) is 6.42 Å². The molecule has 2 aliphatic rings. The maximum Gasteiger partial charge on any atom is 0.232 e. The molecule has 1 aliphatic heterocycles. The number of nitrogens with one attached hydrogen (secondary N) is 1. The molecule has 2 atom stereocenters. The Morgan fingerprint density at radius 3 is 2.50 bits per heavy atom. The first-order chi connectivity index (χ1) is 3.79. The minimum Gasteiger partial charge on any atom is -0.351 e. The Morgan fingerprint density at radius 1 is 1.50 bits per heavy atom. The highest BCUT2D eigenvalue weighted by Gasteiger charge is 2.53. The fourth-order valence-corrected chi connectivity index (χ4v) is 1.17. The number of amides is 1. The number of Topliss-reactive ketones (excluding diaryl/α,β-unsaturated/α-hetero) is 1. The average molecular weight is 111 g/mol. The third kappa shape index (κ3) is 0.240. The van der Waals surface area contributed by atoms with E-state index >= 15 is 0 Å². The van der Waals surface area contributed by atoms with Crippen LogP contribution in [0.4, 0.5) is 0 Å². The van der Waals surface area contributed by atoms with Gasteiger partial charge in [0.2, 0.25) is 5.91 Å². The van der Waals surface area contributed by atoms with Crippen LogP contribution in [0.15, 0.2) is 0 Å². The van der Waals surface area contributed by atoms with Gasteiger partial charge in [0.15, 0.2) is 0 Å². The first-order valence-corrected chi connectivity index (χ1v) is 2.62. The molecule has 8 heavy (non-hydrogen) atoms. The second kappa shape index (κ2) is 0.940.